The summed E-state index contributed by atoms with van der Waals surface area (Å²) in [6.07, 6.45) is -4.83. The highest BCUT2D eigenvalue weighted by molar-refractivity contribution is 8.14. The number of halogens is 3. The Kier molecular flexibility index (Phi) is 4.22. The van der Waals surface area contributed by atoms with E-state index in [9.17, 15) is 23.1 Å². The van der Waals surface area contributed by atoms with Crippen LogP contribution in [0.3, 0.4) is 0 Å². The molecule has 2 rings (SSSR count). The number of alkyl halides is 3. The second-order valence-electron chi connectivity index (χ2n) is 4.22. The van der Waals surface area contributed by atoms with Crippen LogP contribution in [0, 0.1) is 6.92 Å². The zero-order valence-corrected chi connectivity index (χ0v) is 12.6. The largest absolute Gasteiger partial charge is 0.465 e. The maximum atomic E-state index is 12.6. The van der Waals surface area contributed by atoms with Crippen molar-refractivity contribution in [3.63, 3.8) is 0 Å². The number of aliphatic imine (C=N–C) groups is 1. The number of ether oxygens (including phenoxy) is 1. The molecule has 0 bridgehead atoms. The van der Waals surface area contributed by atoms with E-state index in [0.717, 1.165) is 23.1 Å². The van der Waals surface area contributed by atoms with Crippen molar-refractivity contribution >= 4 is 39.9 Å². The van der Waals surface area contributed by atoms with Crippen LogP contribution in [-0.4, -0.2) is 41.0 Å². The number of hydrogen-bond donors (Lipinski definition) is 2. The van der Waals surface area contributed by atoms with Gasteiger partial charge in [0.15, 0.2) is 5.17 Å². The Labute approximate surface area is 126 Å². The van der Waals surface area contributed by atoms with Crippen molar-refractivity contribution in [3.8, 4) is 0 Å². The van der Waals surface area contributed by atoms with Crippen LogP contribution in [-0.2, 0) is 4.74 Å². The average Bonchev–Trinajstić information content (AvgIpc) is 2.94. The fourth-order valence-corrected chi connectivity index (χ4v) is 3.39. The van der Waals surface area contributed by atoms with E-state index in [0.29, 0.717) is 15.4 Å². The Morgan fingerprint density at radius 2 is 2.24 bits per heavy atom. The molecule has 2 heterocycles. The summed E-state index contributed by atoms with van der Waals surface area (Å²) >= 11 is 1.91. The van der Waals surface area contributed by atoms with Gasteiger partial charge in [0.1, 0.15) is 4.88 Å². The number of esters is 1. The molecule has 2 N–H and O–H groups in total. The van der Waals surface area contributed by atoms with Gasteiger partial charge < -0.3 is 15.2 Å². The van der Waals surface area contributed by atoms with Crippen molar-refractivity contribution in [1.29, 1.82) is 0 Å². The molecule has 0 aliphatic carbocycles. The zero-order valence-electron chi connectivity index (χ0n) is 10.9. The van der Waals surface area contributed by atoms with E-state index >= 15 is 0 Å². The average molecular weight is 340 g/mol. The predicted molar refractivity (Wildman–Crippen MR) is 74.9 cm³/mol. The molecule has 10 heteroatoms. The summed E-state index contributed by atoms with van der Waals surface area (Å²) in [6, 6.07) is 1.47. The van der Waals surface area contributed by atoms with E-state index in [4.69, 9.17) is 0 Å². The first-order chi connectivity index (χ1) is 9.66. The van der Waals surface area contributed by atoms with Gasteiger partial charge in [0, 0.05) is 4.88 Å². The summed E-state index contributed by atoms with van der Waals surface area (Å²) in [4.78, 5) is 15.7. The summed E-state index contributed by atoms with van der Waals surface area (Å²) in [5.41, 5.74) is -2.62. The van der Waals surface area contributed by atoms with E-state index < -0.39 is 23.6 Å². The Hall–Kier alpha value is -1.26. The summed E-state index contributed by atoms with van der Waals surface area (Å²) in [6.45, 7) is 1.70. The van der Waals surface area contributed by atoms with Gasteiger partial charge in [0.05, 0.1) is 18.6 Å². The van der Waals surface area contributed by atoms with Crippen LogP contribution < -0.4 is 5.32 Å². The Morgan fingerprint density at radius 3 is 2.76 bits per heavy atom. The first-order valence-corrected chi connectivity index (χ1v) is 7.44. The lowest BCUT2D eigenvalue weighted by Gasteiger charge is -2.20. The number of hydrogen-bond acceptors (Lipinski definition) is 7. The molecule has 5 nitrogen and oxygen atoms in total. The molecular formula is C11H11F3N2O3S2. The molecule has 0 radical (unpaired) electrons. The molecule has 0 saturated carbocycles. The minimum absolute atomic E-state index is 0.0489. The van der Waals surface area contributed by atoms with Gasteiger partial charge in [-0.25, -0.2) is 9.79 Å². The lowest BCUT2D eigenvalue weighted by atomic mass is 10.3. The molecule has 1 aliphatic rings. The first-order valence-electron chi connectivity index (χ1n) is 5.64. The second-order valence-corrected chi connectivity index (χ2v) is 6.44. The number of carbonyl (C=O) groups is 1. The Morgan fingerprint density at radius 1 is 1.57 bits per heavy atom. The zero-order chi connectivity index (χ0) is 15.8. The number of thiophene rings is 1. The number of nitrogens with one attached hydrogen (secondary N) is 1. The maximum absolute atomic E-state index is 12.6. The van der Waals surface area contributed by atoms with Gasteiger partial charge in [-0.1, -0.05) is 11.8 Å². The second kappa shape index (κ2) is 5.50. The highest BCUT2D eigenvalue weighted by atomic mass is 32.2. The number of carbonyl (C=O) groups excluding carboxylic acids is 1. The van der Waals surface area contributed by atoms with Crippen LogP contribution in [0.25, 0.3) is 0 Å². The lowest BCUT2D eigenvalue weighted by Crippen LogP contribution is -2.43. The number of aryl methyl sites for hydroxylation is 1. The topological polar surface area (TPSA) is 70.9 Å². The summed E-state index contributed by atoms with van der Waals surface area (Å²) in [5, 5.41) is 12.1. The van der Waals surface area contributed by atoms with Gasteiger partial charge in [0.2, 0.25) is 0 Å². The van der Waals surface area contributed by atoms with E-state index in [-0.39, 0.29) is 5.17 Å². The molecule has 1 aromatic heterocycles. The molecule has 1 atom stereocenters. The number of nitrogens with zero attached hydrogens (tertiary/aromatic N) is 1. The molecule has 1 aromatic rings. The molecule has 21 heavy (non-hydrogen) atoms. The molecule has 0 saturated heterocycles. The predicted octanol–water partition coefficient (Wildman–Crippen LogP) is 2.61. The number of methoxy groups -OCH3 is 1. The lowest BCUT2D eigenvalue weighted by molar-refractivity contribution is -0.245. The molecule has 1 unspecified atom stereocenters. The monoisotopic (exact) mass is 340 g/mol. The molecule has 0 amide bonds. The van der Waals surface area contributed by atoms with Crippen LogP contribution in [0.15, 0.2) is 11.1 Å². The van der Waals surface area contributed by atoms with Gasteiger partial charge in [-0.05, 0) is 13.0 Å². The summed E-state index contributed by atoms with van der Waals surface area (Å²) < 4.78 is 42.5. The molecule has 0 spiro atoms. The highest BCUT2D eigenvalue weighted by Crippen LogP contribution is 2.40. The van der Waals surface area contributed by atoms with Crippen LogP contribution >= 0.6 is 23.1 Å². The third-order valence-corrected chi connectivity index (χ3v) is 4.74. The van der Waals surface area contributed by atoms with Gasteiger partial charge >= 0.3 is 12.1 Å². The SMILES string of the molecule is COC(=O)c1cc(NC2=NC(O)(C(F)(F)F)CS2)c(C)s1. The van der Waals surface area contributed by atoms with Gasteiger partial charge in [-0.3, -0.25) is 0 Å². The molecule has 0 fully saturated rings. The standard InChI is InChI=1S/C11H11F3N2O3S2/c1-5-6(3-7(21-5)8(17)19-2)15-9-16-10(18,4-20-9)11(12,13)14/h3,18H,4H2,1-2H3,(H,15,16). The van der Waals surface area contributed by atoms with Crippen LogP contribution in [0.4, 0.5) is 18.9 Å². The fourth-order valence-electron chi connectivity index (χ4n) is 1.53. The van der Waals surface area contributed by atoms with Gasteiger partial charge in [-0.15, -0.1) is 11.3 Å². The summed E-state index contributed by atoms with van der Waals surface area (Å²) in [7, 11) is 1.24. The van der Waals surface area contributed by atoms with E-state index in [2.05, 4.69) is 15.0 Å². The van der Waals surface area contributed by atoms with Crippen molar-refractivity contribution in [3.05, 3.63) is 15.8 Å². The fraction of sp³-hybridized carbons (Fsp3) is 0.455. The van der Waals surface area contributed by atoms with Crippen molar-refractivity contribution in [1.82, 2.24) is 0 Å². The van der Waals surface area contributed by atoms with E-state index in [1.165, 1.54) is 13.2 Å². The molecule has 0 aromatic carbocycles. The first kappa shape index (κ1) is 16.1. The van der Waals surface area contributed by atoms with Crippen molar-refractivity contribution in [2.45, 2.75) is 18.8 Å². The van der Waals surface area contributed by atoms with Crippen molar-refractivity contribution in [2.75, 3.05) is 18.2 Å². The Bertz CT molecular complexity index is 600. The molecular weight excluding hydrogens is 329 g/mol. The molecule has 1 aliphatic heterocycles. The van der Waals surface area contributed by atoms with Crippen LogP contribution in [0.2, 0.25) is 0 Å². The quantitative estimate of drug-likeness (QED) is 0.810. The number of anilines is 1. The normalized spacial score (nSPS) is 22.1. The maximum Gasteiger partial charge on any atom is 0.439 e. The van der Waals surface area contributed by atoms with E-state index in [1.54, 1.807) is 6.92 Å². The minimum Gasteiger partial charge on any atom is -0.465 e. The number of amidine groups is 1. The van der Waals surface area contributed by atoms with Gasteiger partial charge in [0.25, 0.3) is 5.72 Å². The third kappa shape index (κ3) is 3.16. The smallest absolute Gasteiger partial charge is 0.439 e. The van der Waals surface area contributed by atoms with Crippen molar-refractivity contribution < 1.29 is 27.8 Å². The molecule has 116 valence electrons. The van der Waals surface area contributed by atoms with Crippen molar-refractivity contribution in [2.24, 2.45) is 4.99 Å². The van der Waals surface area contributed by atoms with Gasteiger partial charge in [-0.2, -0.15) is 13.2 Å². The number of thioether (sulfide) groups is 1. The van der Waals surface area contributed by atoms with E-state index in [1.807, 2.05) is 0 Å². The van der Waals surface area contributed by atoms with Crippen LogP contribution in [0.5, 0.6) is 0 Å². The number of rotatable bonds is 2. The van der Waals surface area contributed by atoms with Crippen LogP contribution in [0.1, 0.15) is 14.5 Å². The summed E-state index contributed by atoms with van der Waals surface area (Å²) in [5.74, 6) is -1.13. The Balaban J connectivity index is 2.19. The number of aliphatic hydroxyl groups is 1. The highest BCUT2D eigenvalue weighted by Gasteiger charge is 2.57. The third-order valence-electron chi connectivity index (χ3n) is 2.70. The minimum atomic E-state index is -4.83.